The number of likely N-dealkylation sites (tertiary alicyclic amines) is 1. The highest BCUT2D eigenvalue weighted by Crippen LogP contribution is 2.21. The van der Waals surface area contributed by atoms with Crippen molar-refractivity contribution in [2.24, 2.45) is 0 Å². The van der Waals surface area contributed by atoms with Gasteiger partial charge in [0.2, 0.25) is 5.91 Å². The zero-order chi connectivity index (χ0) is 14.7. The molecule has 3 heteroatoms. The SMILES string of the molecule is CC1CCCCCN1C(=O)CCc1c[nH]c2ccccc12. The summed E-state index contributed by atoms with van der Waals surface area (Å²) in [5.41, 5.74) is 2.41. The zero-order valence-corrected chi connectivity index (χ0v) is 12.8. The Morgan fingerprint density at radius 3 is 3.05 bits per heavy atom. The molecule has 1 atom stereocenters. The van der Waals surface area contributed by atoms with Crippen molar-refractivity contribution in [1.82, 2.24) is 9.88 Å². The van der Waals surface area contributed by atoms with Crippen LogP contribution in [0.5, 0.6) is 0 Å². The topological polar surface area (TPSA) is 36.1 Å². The summed E-state index contributed by atoms with van der Waals surface area (Å²) in [5.74, 6) is 0.315. The molecule has 1 unspecified atom stereocenters. The van der Waals surface area contributed by atoms with Crippen molar-refractivity contribution in [3.63, 3.8) is 0 Å². The molecule has 3 nitrogen and oxygen atoms in total. The lowest BCUT2D eigenvalue weighted by molar-refractivity contribution is -0.133. The largest absolute Gasteiger partial charge is 0.361 e. The molecule has 0 radical (unpaired) electrons. The number of benzene rings is 1. The van der Waals surface area contributed by atoms with Crippen LogP contribution < -0.4 is 0 Å². The number of nitrogens with zero attached hydrogens (tertiary/aromatic N) is 1. The van der Waals surface area contributed by atoms with Gasteiger partial charge in [-0.25, -0.2) is 0 Å². The third-order valence-electron chi connectivity index (χ3n) is 4.66. The Balaban J connectivity index is 1.65. The van der Waals surface area contributed by atoms with Crippen molar-refractivity contribution >= 4 is 16.8 Å². The minimum absolute atomic E-state index is 0.315. The number of H-pyrrole nitrogens is 1. The summed E-state index contributed by atoms with van der Waals surface area (Å²) in [6, 6.07) is 8.70. The van der Waals surface area contributed by atoms with Gasteiger partial charge < -0.3 is 9.88 Å². The van der Waals surface area contributed by atoms with Gasteiger partial charge in [0.15, 0.2) is 0 Å². The van der Waals surface area contributed by atoms with Crippen LogP contribution in [0.4, 0.5) is 0 Å². The van der Waals surface area contributed by atoms with Gasteiger partial charge in [-0.15, -0.1) is 0 Å². The second-order valence-corrected chi connectivity index (χ2v) is 6.14. The molecule has 0 aliphatic carbocycles. The molecule has 1 fully saturated rings. The van der Waals surface area contributed by atoms with Gasteiger partial charge >= 0.3 is 0 Å². The van der Waals surface area contributed by atoms with E-state index < -0.39 is 0 Å². The molecule has 21 heavy (non-hydrogen) atoms. The van der Waals surface area contributed by atoms with Crippen molar-refractivity contribution in [2.45, 2.75) is 51.5 Å². The molecule has 1 aromatic heterocycles. The lowest BCUT2D eigenvalue weighted by Gasteiger charge is -2.27. The Morgan fingerprint density at radius 2 is 2.14 bits per heavy atom. The Hall–Kier alpha value is -1.77. The van der Waals surface area contributed by atoms with Crippen LogP contribution in [0.25, 0.3) is 10.9 Å². The van der Waals surface area contributed by atoms with Crippen molar-refractivity contribution in [1.29, 1.82) is 0 Å². The average molecular weight is 284 g/mol. The normalized spacial score (nSPS) is 19.7. The molecular weight excluding hydrogens is 260 g/mol. The van der Waals surface area contributed by atoms with Gasteiger partial charge in [0.05, 0.1) is 0 Å². The zero-order valence-electron chi connectivity index (χ0n) is 12.8. The number of aromatic nitrogens is 1. The molecule has 0 saturated carbocycles. The van der Waals surface area contributed by atoms with Gasteiger partial charge in [0, 0.05) is 36.1 Å². The van der Waals surface area contributed by atoms with Gasteiger partial charge in [0.1, 0.15) is 0 Å². The summed E-state index contributed by atoms with van der Waals surface area (Å²) >= 11 is 0. The highest BCUT2D eigenvalue weighted by molar-refractivity contribution is 5.84. The van der Waals surface area contributed by atoms with E-state index in [1.807, 2.05) is 12.3 Å². The fourth-order valence-electron chi connectivity index (χ4n) is 3.37. The quantitative estimate of drug-likeness (QED) is 0.912. The second kappa shape index (κ2) is 6.33. The number of hydrogen-bond acceptors (Lipinski definition) is 1. The van der Waals surface area contributed by atoms with Gasteiger partial charge in [-0.2, -0.15) is 0 Å². The Morgan fingerprint density at radius 1 is 1.29 bits per heavy atom. The van der Waals surface area contributed by atoms with Gasteiger partial charge in [0.25, 0.3) is 0 Å². The standard InChI is InChI=1S/C18H24N2O/c1-14-7-3-2-6-12-20(14)18(21)11-10-15-13-19-17-9-5-4-8-16(15)17/h4-5,8-9,13-14,19H,2-3,6-7,10-12H2,1H3. The first-order chi connectivity index (χ1) is 10.3. The van der Waals surface area contributed by atoms with Crippen molar-refractivity contribution in [2.75, 3.05) is 6.54 Å². The number of nitrogens with one attached hydrogen (secondary N) is 1. The molecular formula is C18H24N2O. The van der Waals surface area contributed by atoms with E-state index in [2.05, 4.69) is 35.0 Å². The maximum atomic E-state index is 12.5. The van der Waals surface area contributed by atoms with Crippen LogP contribution in [-0.4, -0.2) is 28.4 Å². The molecule has 1 aromatic carbocycles. The number of rotatable bonds is 3. The van der Waals surface area contributed by atoms with Crippen molar-refractivity contribution in [3.05, 3.63) is 36.0 Å². The lowest BCUT2D eigenvalue weighted by atomic mass is 10.1. The Labute approximate surface area is 126 Å². The number of hydrogen-bond donors (Lipinski definition) is 1. The molecule has 3 rings (SSSR count). The molecule has 1 aliphatic heterocycles. The van der Waals surface area contributed by atoms with E-state index in [1.54, 1.807) is 0 Å². The highest BCUT2D eigenvalue weighted by Gasteiger charge is 2.21. The first-order valence-electron chi connectivity index (χ1n) is 8.10. The molecule has 2 aromatic rings. The van der Waals surface area contributed by atoms with Crippen LogP contribution in [0.15, 0.2) is 30.5 Å². The molecule has 1 saturated heterocycles. The first-order valence-corrected chi connectivity index (χ1v) is 8.10. The minimum Gasteiger partial charge on any atom is -0.361 e. The lowest BCUT2D eigenvalue weighted by Crippen LogP contribution is -2.38. The molecule has 0 spiro atoms. The molecule has 1 N–H and O–H groups in total. The van der Waals surface area contributed by atoms with E-state index in [9.17, 15) is 4.79 Å². The summed E-state index contributed by atoms with van der Waals surface area (Å²) in [6.45, 7) is 3.13. The first kappa shape index (κ1) is 14.2. The number of carbonyl (C=O) groups is 1. The monoisotopic (exact) mass is 284 g/mol. The van der Waals surface area contributed by atoms with Crippen LogP contribution in [0.1, 0.15) is 44.6 Å². The summed E-state index contributed by atoms with van der Waals surface area (Å²) in [7, 11) is 0. The average Bonchev–Trinajstić information content (AvgIpc) is 2.79. The number of aromatic amines is 1. The number of carbonyl (C=O) groups excluding carboxylic acids is 1. The summed E-state index contributed by atoms with van der Waals surface area (Å²) in [4.78, 5) is 17.9. The third-order valence-corrected chi connectivity index (χ3v) is 4.66. The number of para-hydroxylation sites is 1. The number of amides is 1. The van der Waals surface area contributed by atoms with Gasteiger partial charge in [-0.05, 0) is 37.8 Å². The van der Waals surface area contributed by atoms with Crippen LogP contribution in [0, 0.1) is 0 Å². The van der Waals surface area contributed by atoms with Crippen LogP contribution in [0.3, 0.4) is 0 Å². The van der Waals surface area contributed by atoms with Crippen LogP contribution in [0.2, 0.25) is 0 Å². The van der Waals surface area contributed by atoms with Gasteiger partial charge in [-0.1, -0.05) is 31.0 Å². The Kier molecular flexibility index (Phi) is 4.28. The minimum atomic E-state index is 0.315. The molecule has 112 valence electrons. The molecule has 1 amide bonds. The molecule has 1 aliphatic rings. The second-order valence-electron chi connectivity index (χ2n) is 6.14. The van der Waals surface area contributed by atoms with E-state index in [0.29, 0.717) is 18.4 Å². The van der Waals surface area contributed by atoms with Gasteiger partial charge in [-0.3, -0.25) is 4.79 Å². The summed E-state index contributed by atoms with van der Waals surface area (Å²) < 4.78 is 0. The highest BCUT2D eigenvalue weighted by atomic mass is 16.2. The maximum absolute atomic E-state index is 12.5. The van der Waals surface area contributed by atoms with E-state index in [0.717, 1.165) is 31.3 Å². The summed E-state index contributed by atoms with van der Waals surface area (Å²) in [5, 5.41) is 1.24. The Bertz CT molecular complexity index is 616. The number of aryl methyl sites for hydroxylation is 1. The van der Waals surface area contributed by atoms with E-state index >= 15 is 0 Å². The molecule has 2 heterocycles. The molecule has 0 bridgehead atoms. The third kappa shape index (κ3) is 3.12. The van der Waals surface area contributed by atoms with Crippen molar-refractivity contribution in [3.8, 4) is 0 Å². The van der Waals surface area contributed by atoms with E-state index in [1.165, 1.54) is 23.8 Å². The number of fused-ring (bicyclic) bond motifs is 1. The smallest absolute Gasteiger partial charge is 0.223 e. The van der Waals surface area contributed by atoms with Crippen molar-refractivity contribution < 1.29 is 4.79 Å². The fraction of sp³-hybridized carbons (Fsp3) is 0.500. The maximum Gasteiger partial charge on any atom is 0.223 e. The van der Waals surface area contributed by atoms with E-state index in [4.69, 9.17) is 0 Å². The predicted molar refractivity (Wildman–Crippen MR) is 86.3 cm³/mol. The van der Waals surface area contributed by atoms with E-state index in [-0.39, 0.29) is 0 Å². The van der Waals surface area contributed by atoms with Crippen LogP contribution in [-0.2, 0) is 11.2 Å². The fourth-order valence-corrected chi connectivity index (χ4v) is 3.37. The summed E-state index contributed by atoms with van der Waals surface area (Å²) in [6.07, 6.45) is 8.31. The van der Waals surface area contributed by atoms with Crippen LogP contribution >= 0.6 is 0 Å². The predicted octanol–water partition coefficient (Wildman–Crippen LogP) is 3.89.